The predicted molar refractivity (Wildman–Crippen MR) is 52.6 cm³/mol. The van der Waals surface area contributed by atoms with E-state index in [2.05, 4.69) is 11.6 Å². The third kappa shape index (κ3) is 102. The molecule has 0 aromatic rings. The van der Waals surface area contributed by atoms with Crippen molar-refractivity contribution in [3.8, 4) is 0 Å². The van der Waals surface area contributed by atoms with Gasteiger partial charge in [0.25, 0.3) is 0 Å². The fourth-order valence-corrected chi connectivity index (χ4v) is 0. The van der Waals surface area contributed by atoms with Crippen LogP contribution in [-0.4, -0.2) is 39.3 Å². The van der Waals surface area contributed by atoms with Crippen LogP contribution in [0.1, 0.15) is 0 Å². The van der Waals surface area contributed by atoms with E-state index in [-0.39, 0.29) is 17.1 Å². The van der Waals surface area contributed by atoms with Gasteiger partial charge in [-0.2, -0.15) is 26.3 Å². The first-order valence-electron chi connectivity index (χ1n) is 3.13. The van der Waals surface area contributed by atoms with Crippen LogP contribution in [0, 0.1) is 0 Å². The van der Waals surface area contributed by atoms with Gasteiger partial charge in [0.15, 0.2) is 6.67 Å². The number of hydrogen-bond acceptors (Lipinski definition) is 0. The molecular formula is C6H12Cl2F10. The number of alkyl halides is 10. The Labute approximate surface area is 108 Å². The van der Waals surface area contributed by atoms with E-state index < -0.39 is 24.9 Å². The maximum Gasteiger partial charge on any atom is 0.416 e. The highest BCUT2D eigenvalue weighted by Crippen LogP contribution is 2.15. The van der Waals surface area contributed by atoms with Gasteiger partial charge < -0.3 is 0 Å². The van der Waals surface area contributed by atoms with Crippen molar-refractivity contribution in [1.29, 1.82) is 0 Å². The van der Waals surface area contributed by atoms with Crippen molar-refractivity contribution in [2.75, 3.05) is 26.9 Å². The van der Waals surface area contributed by atoms with E-state index in [9.17, 15) is 39.5 Å². The van der Waals surface area contributed by atoms with E-state index in [1.807, 2.05) is 0 Å². The van der Waals surface area contributed by atoms with Crippen LogP contribution < -0.4 is 0 Å². The summed E-state index contributed by atoms with van der Waals surface area (Å²) >= 11 is 4.35. The maximum atomic E-state index is 10.7. The molecule has 0 unspecified atom stereocenters. The van der Waals surface area contributed by atoms with Crippen LogP contribution >= 0.6 is 24.0 Å². The number of rotatable bonds is 0. The maximum absolute atomic E-state index is 10.7. The molecule has 12 heteroatoms. The number of halogens is 12. The molecule has 0 bridgehead atoms. The second-order valence-electron chi connectivity index (χ2n) is 1.50. The Hall–Kier alpha value is -0.120. The van der Waals surface area contributed by atoms with Crippen molar-refractivity contribution in [3.05, 3.63) is 0 Å². The van der Waals surface area contributed by atoms with Gasteiger partial charge in [-0.05, 0) is 0 Å². The molecule has 0 aromatic carbocycles. The predicted octanol–water partition coefficient (Wildman–Crippen LogP) is 5.05. The summed E-state index contributed by atoms with van der Waals surface area (Å²) in [6, 6.07) is 0. The van der Waals surface area contributed by atoms with E-state index >= 15 is 0 Å². The molecule has 0 heterocycles. The summed E-state index contributed by atoms with van der Waals surface area (Å²) in [5.74, 6) is -1.26. The molecule has 0 fully saturated rings. The Morgan fingerprint density at radius 1 is 0.778 bits per heavy atom. The van der Waals surface area contributed by atoms with Crippen LogP contribution in [0.5, 0.6) is 0 Å². The van der Waals surface area contributed by atoms with Gasteiger partial charge >= 0.3 is 12.4 Å². The minimum atomic E-state index is -4.62. The zero-order valence-electron chi connectivity index (χ0n) is 9.01. The first-order chi connectivity index (χ1) is 7.12. The third-order valence-electron chi connectivity index (χ3n) is 0.303. The average Bonchev–Trinajstić information content (AvgIpc) is 2.23. The quantitative estimate of drug-likeness (QED) is 0.426. The molecule has 0 aromatic heterocycles. The van der Waals surface area contributed by atoms with Gasteiger partial charge in [0, 0.05) is 0 Å². The highest BCUT2D eigenvalue weighted by molar-refractivity contribution is 6.18. The van der Waals surface area contributed by atoms with Gasteiger partial charge in [-0.15, -0.1) is 24.0 Å². The molecule has 0 saturated carbocycles. The SMILES string of the molecule is CF.CF.Cl.F.FC(F)(F)CCl.FCC(F)(F)F. The summed E-state index contributed by atoms with van der Waals surface area (Å²) in [5, 5.41) is 0. The topological polar surface area (TPSA) is 0 Å². The fourth-order valence-electron chi connectivity index (χ4n) is 0. The molecule has 0 radical (unpaired) electrons. The van der Waals surface area contributed by atoms with Crippen molar-refractivity contribution in [2.24, 2.45) is 0 Å². The van der Waals surface area contributed by atoms with Crippen LogP contribution in [0.15, 0.2) is 0 Å². The standard InChI is InChI=1S/C2H2ClF3.C2H2F4.2CH3F.ClH.FH/c2*3-1-2(4,5)6;2*1-2;;/h2*1H2;2*1H3;2*1H. The van der Waals surface area contributed by atoms with Crippen LogP contribution in [0.25, 0.3) is 0 Å². The Kier molecular flexibility index (Phi) is 44.3. The number of hydrogen-bond donors (Lipinski definition) is 0. The van der Waals surface area contributed by atoms with Crippen LogP contribution in [0.4, 0.5) is 44.2 Å². The summed E-state index contributed by atoms with van der Waals surface area (Å²) < 4.78 is 92.6. The van der Waals surface area contributed by atoms with E-state index in [0.29, 0.717) is 14.4 Å². The summed E-state index contributed by atoms with van der Waals surface area (Å²) in [7, 11) is 1.00. The van der Waals surface area contributed by atoms with E-state index in [0.717, 1.165) is 0 Å². The average molecular weight is 345 g/mol. The monoisotopic (exact) mass is 344 g/mol. The Morgan fingerprint density at radius 2 is 0.889 bits per heavy atom. The fraction of sp³-hybridized carbons (Fsp3) is 1.00. The molecule has 0 rings (SSSR count). The lowest BCUT2D eigenvalue weighted by Crippen LogP contribution is -2.08. The van der Waals surface area contributed by atoms with Gasteiger partial charge in [-0.3, -0.25) is 13.5 Å². The second kappa shape index (κ2) is 22.1. The lowest BCUT2D eigenvalue weighted by molar-refractivity contribution is -0.142. The molecule has 0 atom stereocenters. The summed E-state index contributed by atoms with van der Waals surface area (Å²) in [6.45, 7) is -2.23. The minimum absolute atomic E-state index is 0. The third-order valence-corrected chi connectivity index (χ3v) is 0.606. The van der Waals surface area contributed by atoms with Crippen molar-refractivity contribution in [2.45, 2.75) is 12.4 Å². The molecular weight excluding hydrogens is 333 g/mol. The first kappa shape index (κ1) is 36.1. The second-order valence-corrected chi connectivity index (χ2v) is 1.76. The normalized spacial score (nSPS) is 8.67. The highest BCUT2D eigenvalue weighted by atomic mass is 35.5. The minimum Gasteiger partial charge on any atom is -0.269 e. The van der Waals surface area contributed by atoms with Gasteiger partial charge in [-0.1, -0.05) is 0 Å². The van der Waals surface area contributed by atoms with Crippen LogP contribution in [0.3, 0.4) is 0 Å². The highest BCUT2D eigenvalue weighted by Gasteiger charge is 2.26. The lowest BCUT2D eigenvalue weighted by atomic mass is 10.8. The first-order valence-corrected chi connectivity index (χ1v) is 3.67. The van der Waals surface area contributed by atoms with Crippen molar-refractivity contribution < 1.29 is 44.2 Å². The van der Waals surface area contributed by atoms with E-state index in [4.69, 9.17) is 0 Å². The van der Waals surface area contributed by atoms with Crippen LogP contribution in [0.2, 0.25) is 0 Å². The Balaban J connectivity index is -0.0000000287. The van der Waals surface area contributed by atoms with Crippen molar-refractivity contribution in [1.82, 2.24) is 0 Å². The summed E-state index contributed by atoms with van der Waals surface area (Å²) in [5.41, 5.74) is 0. The van der Waals surface area contributed by atoms with Gasteiger partial charge in [0.2, 0.25) is 0 Å². The molecule has 0 aliphatic rings. The van der Waals surface area contributed by atoms with E-state index in [1.54, 1.807) is 0 Å². The molecule has 0 spiro atoms. The molecule has 0 N–H and O–H groups in total. The lowest BCUT2D eigenvalue weighted by Gasteiger charge is -1.94. The molecule has 120 valence electrons. The Morgan fingerprint density at radius 3 is 0.889 bits per heavy atom. The van der Waals surface area contributed by atoms with E-state index in [1.165, 1.54) is 0 Å². The molecule has 0 saturated heterocycles. The summed E-state index contributed by atoms with van der Waals surface area (Å²) in [4.78, 5) is 0. The zero-order valence-corrected chi connectivity index (χ0v) is 10.6. The smallest absolute Gasteiger partial charge is 0.269 e. The molecule has 0 aliphatic heterocycles. The largest absolute Gasteiger partial charge is 0.416 e. The van der Waals surface area contributed by atoms with Gasteiger partial charge in [-0.25, -0.2) is 4.39 Å². The zero-order chi connectivity index (χ0) is 14.4. The molecule has 0 nitrogen and oxygen atoms in total. The van der Waals surface area contributed by atoms with Crippen molar-refractivity contribution in [3.63, 3.8) is 0 Å². The van der Waals surface area contributed by atoms with Crippen LogP contribution in [-0.2, 0) is 0 Å². The van der Waals surface area contributed by atoms with Gasteiger partial charge in [0.05, 0.1) is 14.4 Å². The molecule has 0 aliphatic carbocycles. The summed E-state index contributed by atoms with van der Waals surface area (Å²) in [6.07, 6.45) is -8.82. The Bertz CT molecular complexity index is 97.9. The van der Waals surface area contributed by atoms with Crippen molar-refractivity contribution >= 4 is 24.0 Å². The molecule has 0 amide bonds. The molecule has 18 heavy (non-hydrogen) atoms. The van der Waals surface area contributed by atoms with Gasteiger partial charge in [0.1, 0.15) is 5.88 Å².